The maximum atomic E-state index is 11.5. The normalized spacial score (nSPS) is 29.9. The molecule has 2 atom stereocenters. The zero-order valence-electron chi connectivity index (χ0n) is 9.25. The molecule has 3 heteroatoms. The fourth-order valence-electron chi connectivity index (χ4n) is 2.48. The Morgan fingerprint density at radius 2 is 2.33 bits per heavy atom. The molecule has 0 aromatic heterocycles. The first-order valence-corrected chi connectivity index (χ1v) is 5.41. The summed E-state index contributed by atoms with van der Waals surface area (Å²) in [5.74, 6) is 0.0369. The topological polar surface area (TPSA) is 52.3 Å². The second-order valence-corrected chi connectivity index (χ2v) is 4.39. The molecule has 2 rings (SSSR count). The molecule has 0 heterocycles. The average molecular weight is 207 g/mol. The van der Waals surface area contributed by atoms with Crippen LogP contribution in [0.3, 0.4) is 0 Å². The van der Waals surface area contributed by atoms with Crippen molar-refractivity contribution in [2.75, 3.05) is 7.11 Å². The van der Waals surface area contributed by atoms with Crippen LogP contribution < -0.4 is 5.73 Å². The Balaban J connectivity index is 2.31. The second-order valence-electron chi connectivity index (χ2n) is 4.39. The lowest BCUT2D eigenvalue weighted by atomic mass is 9.85. The van der Waals surface area contributed by atoms with Crippen molar-refractivity contribution < 1.29 is 9.53 Å². The molecule has 0 fully saturated rings. The van der Waals surface area contributed by atoms with Crippen LogP contribution in [0, 0.1) is 5.92 Å². The fourth-order valence-corrected chi connectivity index (χ4v) is 2.48. The monoisotopic (exact) mass is 207 g/mol. The Labute approximate surface area is 90.0 Å². The SMILES string of the molecule is COC(=O)C1=CC2=C(CC1C)[C@@H](N)CC2. The Hall–Kier alpha value is -1.09. The maximum Gasteiger partial charge on any atom is 0.334 e. The number of hydrogen-bond donors (Lipinski definition) is 1. The number of carbonyl (C=O) groups is 1. The molecule has 2 aliphatic carbocycles. The molecule has 15 heavy (non-hydrogen) atoms. The van der Waals surface area contributed by atoms with Crippen LogP contribution in [-0.4, -0.2) is 19.1 Å². The minimum atomic E-state index is -0.200. The molecule has 1 unspecified atom stereocenters. The Kier molecular flexibility index (Phi) is 2.65. The van der Waals surface area contributed by atoms with Gasteiger partial charge in [0.2, 0.25) is 0 Å². The van der Waals surface area contributed by atoms with E-state index >= 15 is 0 Å². The quantitative estimate of drug-likeness (QED) is 0.664. The van der Waals surface area contributed by atoms with Gasteiger partial charge in [-0.3, -0.25) is 0 Å². The molecule has 0 radical (unpaired) electrons. The van der Waals surface area contributed by atoms with Crippen molar-refractivity contribution in [3.8, 4) is 0 Å². The molecule has 82 valence electrons. The maximum absolute atomic E-state index is 11.5. The third-order valence-corrected chi connectivity index (χ3v) is 3.39. The molecular weight excluding hydrogens is 190 g/mol. The first kappa shape index (κ1) is 10.4. The van der Waals surface area contributed by atoms with Gasteiger partial charge in [0.05, 0.1) is 7.11 Å². The Morgan fingerprint density at radius 1 is 1.60 bits per heavy atom. The molecule has 0 aliphatic heterocycles. The summed E-state index contributed by atoms with van der Waals surface area (Å²) in [6.07, 6.45) is 4.92. The van der Waals surface area contributed by atoms with Crippen LogP contribution in [0.15, 0.2) is 22.8 Å². The summed E-state index contributed by atoms with van der Waals surface area (Å²) in [4.78, 5) is 11.5. The van der Waals surface area contributed by atoms with E-state index in [-0.39, 0.29) is 17.9 Å². The minimum absolute atomic E-state index is 0.200. The standard InChI is InChI=1S/C12H17NO2/c1-7-5-10-8(3-4-11(10)13)6-9(7)12(14)15-2/h6-7,11H,3-5,13H2,1-2H3/t7?,11-/m0/s1. The van der Waals surface area contributed by atoms with E-state index in [0.717, 1.165) is 24.8 Å². The summed E-state index contributed by atoms with van der Waals surface area (Å²) >= 11 is 0. The number of ether oxygens (including phenoxy) is 1. The van der Waals surface area contributed by atoms with E-state index in [4.69, 9.17) is 10.5 Å². The highest BCUT2D eigenvalue weighted by Crippen LogP contribution is 2.38. The average Bonchev–Trinajstić information content (AvgIpc) is 2.58. The van der Waals surface area contributed by atoms with Gasteiger partial charge in [0, 0.05) is 11.6 Å². The van der Waals surface area contributed by atoms with Crippen LogP contribution in [0.25, 0.3) is 0 Å². The number of carbonyl (C=O) groups excluding carboxylic acids is 1. The Bertz CT molecular complexity index is 355. The highest BCUT2D eigenvalue weighted by molar-refractivity contribution is 5.90. The molecule has 0 bridgehead atoms. The van der Waals surface area contributed by atoms with E-state index in [0.29, 0.717) is 0 Å². The highest BCUT2D eigenvalue weighted by Gasteiger charge is 2.30. The summed E-state index contributed by atoms with van der Waals surface area (Å²) in [6.45, 7) is 2.05. The van der Waals surface area contributed by atoms with Crippen molar-refractivity contribution in [2.45, 2.75) is 32.2 Å². The van der Waals surface area contributed by atoms with Gasteiger partial charge in [-0.25, -0.2) is 4.79 Å². The molecule has 2 N–H and O–H groups in total. The molecule has 0 aromatic carbocycles. The third kappa shape index (κ3) is 1.72. The van der Waals surface area contributed by atoms with Gasteiger partial charge in [0.25, 0.3) is 0 Å². The van der Waals surface area contributed by atoms with Gasteiger partial charge >= 0.3 is 5.97 Å². The second kappa shape index (κ2) is 3.81. The summed E-state index contributed by atoms with van der Waals surface area (Å²) in [7, 11) is 1.43. The molecule has 0 saturated heterocycles. The van der Waals surface area contributed by atoms with E-state index < -0.39 is 0 Å². The zero-order chi connectivity index (χ0) is 11.0. The van der Waals surface area contributed by atoms with Crippen molar-refractivity contribution in [1.82, 2.24) is 0 Å². The van der Waals surface area contributed by atoms with Crippen molar-refractivity contribution in [3.63, 3.8) is 0 Å². The molecule has 0 saturated carbocycles. The van der Waals surface area contributed by atoms with Crippen LogP contribution >= 0.6 is 0 Å². The van der Waals surface area contributed by atoms with Gasteiger partial charge < -0.3 is 10.5 Å². The van der Waals surface area contributed by atoms with E-state index in [1.54, 1.807) is 0 Å². The molecule has 0 spiro atoms. The van der Waals surface area contributed by atoms with Crippen LogP contribution in [0.1, 0.15) is 26.2 Å². The molecule has 0 aromatic rings. The van der Waals surface area contributed by atoms with Crippen molar-refractivity contribution in [1.29, 1.82) is 0 Å². The number of hydrogen-bond acceptors (Lipinski definition) is 3. The first-order valence-electron chi connectivity index (χ1n) is 5.41. The van der Waals surface area contributed by atoms with Gasteiger partial charge in [-0.1, -0.05) is 6.92 Å². The van der Waals surface area contributed by atoms with Crippen molar-refractivity contribution >= 4 is 5.97 Å². The molecule has 3 nitrogen and oxygen atoms in total. The van der Waals surface area contributed by atoms with Crippen molar-refractivity contribution in [2.24, 2.45) is 11.7 Å². The van der Waals surface area contributed by atoms with Crippen LogP contribution in [0.4, 0.5) is 0 Å². The third-order valence-electron chi connectivity index (χ3n) is 3.39. The largest absolute Gasteiger partial charge is 0.466 e. The molecular formula is C12H17NO2. The predicted molar refractivity (Wildman–Crippen MR) is 58.1 cm³/mol. The van der Waals surface area contributed by atoms with Gasteiger partial charge in [-0.05, 0) is 42.4 Å². The molecule has 2 aliphatic rings. The van der Waals surface area contributed by atoms with Crippen LogP contribution in [0.2, 0.25) is 0 Å². The minimum Gasteiger partial charge on any atom is -0.466 e. The van der Waals surface area contributed by atoms with Crippen LogP contribution in [-0.2, 0) is 9.53 Å². The number of allylic oxidation sites excluding steroid dienone is 2. The fraction of sp³-hybridized carbons (Fsp3) is 0.583. The summed E-state index contributed by atoms with van der Waals surface area (Å²) in [6, 6.07) is 0.206. The Morgan fingerprint density at radius 3 is 3.00 bits per heavy atom. The summed E-state index contributed by atoms with van der Waals surface area (Å²) in [5, 5.41) is 0. The van der Waals surface area contributed by atoms with E-state index in [1.807, 2.05) is 6.08 Å². The predicted octanol–water partition coefficient (Wildman–Crippen LogP) is 1.54. The van der Waals surface area contributed by atoms with Gasteiger partial charge in [-0.15, -0.1) is 0 Å². The van der Waals surface area contributed by atoms with E-state index in [9.17, 15) is 4.79 Å². The number of nitrogens with two attached hydrogens (primary N) is 1. The number of methoxy groups -OCH3 is 1. The summed E-state index contributed by atoms with van der Waals surface area (Å²) in [5.41, 5.74) is 9.41. The van der Waals surface area contributed by atoms with Crippen LogP contribution in [0.5, 0.6) is 0 Å². The lowest BCUT2D eigenvalue weighted by molar-refractivity contribution is -0.136. The lowest BCUT2D eigenvalue weighted by Crippen LogP contribution is -2.23. The van der Waals surface area contributed by atoms with E-state index in [2.05, 4.69) is 6.92 Å². The number of rotatable bonds is 1. The lowest BCUT2D eigenvalue weighted by Gasteiger charge is -2.22. The summed E-state index contributed by atoms with van der Waals surface area (Å²) < 4.78 is 4.77. The first-order chi connectivity index (χ1) is 7.13. The van der Waals surface area contributed by atoms with Gasteiger partial charge in [0.1, 0.15) is 0 Å². The van der Waals surface area contributed by atoms with E-state index in [1.165, 1.54) is 18.3 Å². The number of esters is 1. The highest BCUT2D eigenvalue weighted by atomic mass is 16.5. The van der Waals surface area contributed by atoms with Crippen molar-refractivity contribution in [3.05, 3.63) is 22.8 Å². The molecule has 0 amide bonds. The smallest absolute Gasteiger partial charge is 0.334 e. The van der Waals surface area contributed by atoms with Gasteiger partial charge in [-0.2, -0.15) is 0 Å². The zero-order valence-corrected chi connectivity index (χ0v) is 9.25. The van der Waals surface area contributed by atoms with Gasteiger partial charge in [0.15, 0.2) is 0 Å².